The Balaban J connectivity index is 2.55. The van der Waals surface area contributed by atoms with Gasteiger partial charge in [-0.2, -0.15) is 8.42 Å². The van der Waals surface area contributed by atoms with E-state index in [4.69, 9.17) is 4.18 Å². The highest BCUT2D eigenvalue weighted by Crippen LogP contribution is 2.36. The van der Waals surface area contributed by atoms with E-state index in [1.54, 1.807) is 0 Å². The van der Waals surface area contributed by atoms with Crippen molar-refractivity contribution in [3.63, 3.8) is 0 Å². The van der Waals surface area contributed by atoms with Gasteiger partial charge in [0.1, 0.15) is 11.4 Å². The van der Waals surface area contributed by atoms with Crippen molar-refractivity contribution in [2.24, 2.45) is 0 Å². The molecule has 72 valence electrons. The normalized spacial score (nSPS) is 24.8. The smallest absolute Gasteiger partial charge is 0.262 e. The van der Waals surface area contributed by atoms with Crippen LogP contribution in [0.2, 0.25) is 0 Å². The summed E-state index contributed by atoms with van der Waals surface area (Å²) in [5.41, 5.74) is -0.331. The molecule has 0 spiro atoms. The fraction of sp³-hybridized carbons (Fsp3) is 1.00. The lowest BCUT2D eigenvalue weighted by molar-refractivity contribution is 0.0349. The van der Waals surface area contributed by atoms with Crippen molar-refractivity contribution in [1.82, 2.24) is 0 Å². The fourth-order valence-electron chi connectivity index (χ4n) is 1.85. The molecule has 0 aromatic heterocycles. The van der Waals surface area contributed by atoms with E-state index in [1.807, 2.05) is 13.8 Å². The van der Waals surface area contributed by atoms with Crippen molar-refractivity contribution >= 4 is 10.1 Å². The Hall–Kier alpha value is -0.0900. The minimum atomic E-state index is -3.13. The third-order valence-corrected chi connectivity index (χ3v) is 3.64. The Labute approximate surface area is 74.2 Å². The van der Waals surface area contributed by atoms with E-state index in [-0.39, 0.29) is 11.4 Å². The van der Waals surface area contributed by atoms with E-state index < -0.39 is 10.1 Å². The van der Waals surface area contributed by atoms with Crippen LogP contribution in [0.25, 0.3) is 0 Å². The maximum atomic E-state index is 10.8. The maximum absolute atomic E-state index is 10.8. The van der Waals surface area contributed by atoms with Crippen LogP contribution in [-0.4, -0.2) is 19.8 Å². The van der Waals surface area contributed by atoms with E-state index in [0.29, 0.717) is 0 Å². The van der Waals surface area contributed by atoms with Gasteiger partial charge in [0, 0.05) is 0 Å². The molecule has 12 heavy (non-hydrogen) atoms. The van der Waals surface area contributed by atoms with E-state index in [9.17, 15) is 8.42 Å². The second-order valence-electron chi connectivity index (χ2n) is 3.47. The van der Waals surface area contributed by atoms with Crippen molar-refractivity contribution in [3.05, 3.63) is 0 Å². The molecule has 3 nitrogen and oxygen atoms in total. The zero-order valence-corrected chi connectivity index (χ0v) is 8.49. The molecule has 0 aromatic rings. The molecule has 0 aliphatic carbocycles. The molecule has 0 saturated carbocycles. The second-order valence-corrected chi connectivity index (χ2v) is 5.04. The highest BCUT2D eigenvalue weighted by atomic mass is 32.2. The molecule has 1 saturated heterocycles. The summed E-state index contributed by atoms with van der Waals surface area (Å²) < 4.78 is 26.6. The number of hydrogen-bond acceptors (Lipinski definition) is 3. The fourth-order valence-corrected chi connectivity index (χ4v) is 3.47. The minimum absolute atomic E-state index is 0.224. The molecule has 1 aliphatic heterocycles. The summed E-state index contributed by atoms with van der Waals surface area (Å²) in [4.78, 5) is 0. The number of rotatable bonds is 4. The van der Waals surface area contributed by atoms with Gasteiger partial charge in [0.25, 0.3) is 10.1 Å². The van der Waals surface area contributed by atoms with Crippen LogP contribution in [0, 0.1) is 0 Å². The first-order valence-corrected chi connectivity index (χ1v) is 6.05. The van der Waals surface area contributed by atoms with Crippen molar-refractivity contribution in [1.29, 1.82) is 0 Å². The highest BCUT2D eigenvalue weighted by molar-refractivity contribution is 7.88. The van der Waals surface area contributed by atoms with Crippen LogP contribution in [-0.2, 0) is 14.3 Å². The lowest BCUT2D eigenvalue weighted by atomic mass is 9.95. The van der Waals surface area contributed by atoms with Gasteiger partial charge < -0.3 is 0 Å². The molecule has 0 amide bonds. The predicted molar refractivity (Wildman–Crippen MR) is 47.4 cm³/mol. The zero-order valence-electron chi connectivity index (χ0n) is 7.67. The van der Waals surface area contributed by atoms with Crippen LogP contribution in [0.4, 0.5) is 0 Å². The summed E-state index contributed by atoms with van der Waals surface area (Å²) in [5.74, 6) is 0.224. The van der Waals surface area contributed by atoms with Gasteiger partial charge in [0.05, 0.1) is 0 Å². The number of hydrogen-bond donors (Lipinski definition) is 0. The van der Waals surface area contributed by atoms with Gasteiger partial charge in [-0.3, -0.25) is 4.18 Å². The van der Waals surface area contributed by atoms with E-state index in [0.717, 1.165) is 25.7 Å². The predicted octanol–water partition coefficient (Wildman–Crippen LogP) is 1.69. The quantitative estimate of drug-likeness (QED) is 0.636. The minimum Gasteiger partial charge on any atom is -0.262 e. The molecule has 0 N–H and O–H groups in total. The Kier molecular flexibility index (Phi) is 2.78. The van der Waals surface area contributed by atoms with Gasteiger partial charge in [-0.05, 0) is 12.8 Å². The SMILES string of the molecule is CCCC1(CCC)CS(=O)(=O)O1. The molecule has 0 atom stereocenters. The third kappa shape index (κ3) is 1.98. The Morgan fingerprint density at radius 2 is 1.67 bits per heavy atom. The molecular weight excluding hydrogens is 176 g/mol. The Bertz CT molecular complexity index is 223. The van der Waals surface area contributed by atoms with Gasteiger partial charge >= 0.3 is 0 Å². The topological polar surface area (TPSA) is 43.4 Å². The van der Waals surface area contributed by atoms with E-state index >= 15 is 0 Å². The first-order chi connectivity index (χ1) is 5.54. The summed E-state index contributed by atoms with van der Waals surface area (Å²) in [6.07, 6.45) is 3.69. The molecule has 1 fully saturated rings. The average Bonchev–Trinajstić information content (AvgIpc) is 1.83. The largest absolute Gasteiger partial charge is 0.270 e. The standard InChI is InChI=1S/C8H16O3S/c1-3-5-8(6-4-2)7-12(9,10)11-8/h3-7H2,1-2H3. The molecule has 0 aromatic carbocycles. The van der Waals surface area contributed by atoms with Crippen LogP contribution in [0.3, 0.4) is 0 Å². The monoisotopic (exact) mass is 192 g/mol. The summed E-state index contributed by atoms with van der Waals surface area (Å²) >= 11 is 0. The van der Waals surface area contributed by atoms with Crippen LogP contribution in [0.15, 0.2) is 0 Å². The van der Waals surface area contributed by atoms with Crippen molar-refractivity contribution in [2.45, 2.75) is 45.1 Å². The summed E-state index contributed by atoms with van der Waals surface area (Å²) in [6.45, 7) is 4.09. The van der Waals surface area contributed by atoms with Crippen molar-refractivity contribution in [2.75, 3.05) is 5.75 Å². The average molecular weight is 192 g/mol. The molecule has 4 heteroatoms. The first kappa shape index (κ1) is 9.99. The lowest BCUT2D eigenvalue weighted by Gasteiger charge is -2.40. The molecule has 0 radical (unpaired) electrons. The molecule has 0 unspecified atom stereocenters. The van der Waals surface area contributed by atoms with Crippen molar-refractivity contribution < 1.29 is 12.6 Å². The van der Waals surface area contributed by atoms with Crippen LogP contribution < -0.4 is 0 Å². The van der Waals surface area contributed by atoms with Gasteiger partial charge in [-0.15, -0.1) is 0 Å². The van der Waals surface area contributed by atoms with Gasteiger partial charge in [-0.25, -0.2) is 0 Å². The van der Waals surface area contributed by atoms with Gasteiger partial charge in [0.2, 0.25) is 0 Å². The summed E-state index contributed by atoms with van der Waals surface area (Å²) in [7, 11) is -3.13. The molecule has 0 bridgehead atoms. The Morgan fingerprint density at radius 3 is 1.92 bits per heavy atom. The van der Waals surface area contributed by atoms with Crippen molar-refractivity contribution in [3.8, 4) is 0 Å². The molecular formula is C8H16O3S. The summed E-state index contributed by atoms with van der Waals surface area (Å²) in [5, 5.41) is 0. The van der Waals surface area contributed by atoms with Gasteiger partial charge in [-0.1, -0.05) is 26.7 Å². The van der Waals surface area contributed by atoms with Gasteiger partial charge in [0.15, 0.2) is 0 Å². The van der Waals surface area contributed by atoms with Crippen LogP contribution in [0.5, 0.6) is 0 Å². The van der Waals surface area contributed by atoms with E-state index in [1.165, 1.54) is 0 Å². The molecule has 1 rings (SSSR count). The van der Waals surface area contributed by atoms with Crippen LogP contribution >= 0.6 is 0 Å². The lowest BCUT2D eigenvalue weighted by Crippen LogP contribution is -2.52. The molecule has 1 heterocycles. The second kappa shape index (κ2) is 3.34. The first-order valence-electron chi connectivity index (χ1n) is 4.47. The Morgan fingerprint density at radius 1 is 1.25 bits per heavy atom. The maximum Gasteiger partial charge on any atom is 0.270 e. The highest BCUT2D eigenvalue weighted by Gasteiger charge is 2.48. The van der Waals surface area contributed by atoms with E-state index in [2.05, 4.69) is 0 Å². The molecule has 1 aliphatic rings. The summed E-state index contributed by atoms with van der Waals surface area (Å²) in [6, 6.07) is 0. The third-order valence-electron chi connectivity index (χ3n) is 2.15. The zero-order chi connectivity index (χ0) is 9.24. The van der Waals surface area contributed by atoms with Crippen LogP contribution in [0.1, 0.15) is 39.5 Å².